The molecular weight excluding hydrogens is 372 g/mol. The molecule has 0 atom stereocenters. The highest BCUT2D eigenvalue weighted by Gasteiger charge is 2.09. The predicted molar refractivity (Wildman–Crippen MR) is 118 cm³/mol. The molecule has 0 radical (unpaired) electrons. The minimum Gasteiger partial charge on any atom is -0.491 e. The van der Waals surface area contributed by atoms with Crippen molar-refractivity contribution < 1.29 is 14.2 Å². The van der Waals surface area contributed by atoms with Crippen LogP contribution in [-0.2, 0) is 9.47 Å². The van der Waals surface area contributed by atoms with Crippen molar-refractivity contribution in [3.05, 3.63) is 36.0 Å². The lowest BCUT2D eigenvalue weighted by atomic mass is 10.2. The quantitative estimate of drug-likeness (QED) is 0.526. The van der Waals surface area contributed by atoms with Gasteiger partial charge in [0.1, 0.15) is 18.1 Å². The first kappa shape index (κ1) is 20.9. The van der Waals surface area contributed by atoms with Gasteiger partial charge >= 0.3 is 0 Å². The van der Waals surface area contributed by atoms with Crippen LogP contribution in [0.15, 0.2) is 30.3 Å². The topological polar surface area (TPSA) is 43.8 Å². The Kier molecular flexibility index (Phi) is 7.57. The molecule has 2 heterocycles. The van der Waals surface area contributed by atoms with Gasteiger partial charge in [0.2, 0.25) is 0 Å². The summed E-state index contributed by atoms with van der Waals surface area (Å²) in [5.41, 5.74) is 1.75. The van der Waals surface area contributed by atoms with Crippen molar-refractivity contribution in [2.75, 3.05) is 71.4 Å². The Hall–Kier alpha value is -1.78. The second-order valence-electron chi connectivity index (χ2n) is 7.53. The van der Waals surface area contributed by atoms with Gasteiger partial charge in [-0.2, -0.15) is 10.0 Å². The predicted octanol–water partition coefficient (Wildman–Crippen LogP) is 2.97. The number of pyridine rings is 1. The molecule has 0 unspecified atom stereocenters. The highest BCUT2D eigenvalue weighted by Crippen LogP contribution is 2.32. The van der Waals surface area contributed by atoms with Gasteiger partial charge in [0.05, 0.1) is 31.9 Å². The average molecular weight is 403 g/mol. The summed E-state index contributed by atoms with van der Waals surface area (Å²) in [5, 5.41) is 4.36. The van der Waals surface area contributed by atoms with E-state index in [-0.39, 0.29) is 0 Å². The van der Waals surface area contributed by atoms with E-state index in [1.165, 1.54) is 0 Å². The molecule has 0 aliphatic carbocycles. The summed E-state index contributed by atoms with van der Waals surface area (Å²) in [6.07, 6.45) is 6.53. The third-order valence-electron chi connectivity index (χ3n) is 4.30. The standard InChI is InChI=1S/C22H30N2O3S/c1-28(2,3)17-8-20-5-4-19-18-21(6-7-22(19)23-20)27-16-15-26-14-11-24-9-12-25-13-10-24/h4-7,18H,9-16H2,1-3H3. The fourth-order valence-corrected chi connectivity index (χ4v) is 3.22. The number of rotatable bonds is 7. The second-order valence-corrected chi connectivity index (χ2v) is 11.4. The number of aromatic nitrogens is 1. The average Bonchev–Trinajstić information content (AvgIpc) is 2.69. The van der Waals surface area contributed by atoms with Crippen molar-refractivity contribution in [3.63, 3.8) is 0 Å². The number of hydrogen-bond donors (Lipinski definition) is 0. The second kappa shape index (κ2) is 10.1. The smallest absolute Gasteiger partial charge is 0.120 e. The van der Waals surface area contributed by atoms with Gasteiger partial charge < -0.3 is 14.2 Å². The molecule has 28 heavy (non-hydrogen) atoms. The molecule has 1 saturated heterocycles. The molecule has 2 aromatic rings. The Morgan fingerprint density at radius 1 is 1.07 bits per heavy atom. The van der Waals surface area contributed by atoms with Crippen LogP contribution in [0.2, 0.25) is 0 Å². The van der Waals surface area contributed by atoms with E-state index < -0.39 is 10.0 Å². The van der Waals surface area contributed by atoms with Crippen molar-refractivity contribution in [1.82, 2.24) is 9.88 Å². The van der Waals surface area contributed by atoms with E-state index in [4.69, 9.17) is 14.2 Å². The molecule has 5 nitrogen and oxygen atoms in total. The van der Waals surface area contributed by atoms with Gasteiger partial charge in [-0.25, -0.2) is 4.98 Å². The summed E-state index contributed by atoms with van der Waals surface area (Å²) < 4.78 is 16.8. The molecule has 0 amide bonds. The first-order valence-corrected chi connectivity index (χ1v) is 12.5. The van der Waals surface area contributed by atoms with Gasteiger partial charge in [0.25, 0.3) is 0 Å². The van der Waals surface area contributed by atoms with E-state index >= 15 is 0 Å². The van der Waals surface area contributed by atoms with Gasteiger partial charge in [-0.15, -0.1) is 0 Å². The minimum atomic E-state index is -0.847. The molecule has 0 saturated carbocycles. The summed E-state index contributed by atoms with van der Waals surface area (Å²) in [6.45, 7) is 6.45. The van der Waals surface area contributed by atoms with E-state index in [1.807, 2.05) is 24.3 Å². The lowest BCUT2D eigenvalue weighted by molar-refractivity contribution is 0.0170. The fourth-order valence-electron chi connectivity index (χ4n) is 2.81. The van der Waals surface area contributed by atoms with Crippen molar-refractivity contribution in [3.8, 4) is 16.9 Å². The van der Waals surface area contributed by atoms with Crippen LogP contribution in [0.5, 0.6) is 5.75 Å². The van der Waals surface area contributed by atoms with E-state index in [1.54, 1.807) is 0 Å². The summed E-state index contributed by atoms with van der Waals surface area (Å²) in [7, 11) is -0.847. The van der Waals surface area contributed by atoms with Crippen LogP contribution in [0.3, 0.4) is 0 Å². The molecule has 1 aliphatic heterocycles. The van der Waals surface area contributed by atoms with Crippen LogP contribution >= 0.6 is 10.0 Å². The molecule has 152 valence electrons. The summed E-state index contributed by atoms with van der Waals surface area (Å²) in [5.74, 6) is 4.02. The van der Waals surface area contributed by atoms with E-state index in [9.17, 15) is 0 Å². The molecular formula is C22H30N2O3S. The zero-order valence-electron chi connectivity index (χ0n) is 17.1. The molecule has 1 fully saturated rings. The van der Waals surface area contributed by atoms with Gasteiger partial charge in [-0.05, 0) is 60.3 Å². The number of fused-ring (bicyclic) bond motifs is 1. The molecule has 6 heteroatoms. The van der Waals surface area contributed by atoms with Crippen LogP contribution in [-0.4, -0.2) is 81.3 Å². The van der Waals surface area contributed by atoms with E-state index in [2.05, 4.69) is 45.9 Å². The minimum absolute atomic E-state index is 0.542. The van der Waals surface area contributed by atoms with Crippen LogP contribution in [0.1, 0.15) is 5.69 Å². The third-order valence-corrected chi connectivity index (χ3v) is 5.01. The highest BCUT2D eigenvalue weighted by atomic mass is 32.3. The number of ether oxygens (including phenoxy) is 3. The lowest BCUT2D eigenvalue weighted by Gasteiger charge is -2.26. The van der Waals surface area contributed by atoms with Crippen molar-refractivity contribution in [2.45, 2.75) is 0 Å². The Labute approximate surface area is 169 Å². The SMILES string of the molecule is CS(C)(C)C#Cc1ccc2cc(OCCOCCN3CCOCC3)ccc2n1. The first-order valence-electron chi connectivity index (χ1n) is 9.62. The van der Waals surface area contributed by atoms with Gasteiger partial charge in [0.15, 0.2) is 0 Å². The lowest BCUT2D eigenvalue weighted by Crippen LogP contribution is -2.38. The van der Waals surface area contributed by atoms with Crippen LogP contribution in [0.4, 0.5) is 0 Å². The normalized spacial score (nSPS) is 15.8. The van der Waals surface area contributed by atoms with Gasteiger partial charge in [0, 0.05) is 25.0 Å². The number of nitrogens with zero attached hydrogens (tertiary/aromatic N) is 2. The number of morpholine rings is 1. The van der Waals surface area contributed by atoms with Crippen molar-refractivity contribution in [1.29, 1.82) is 0 Å². The summed E-state index contributed by atoms with van der Waals surface area (Å²) >= 11 is 0. The Bertz CT molecular complexity index is 833. The van der Waals surface area contributed by atoms with Gasteiger partial charge in [-0.3, -0.25) is 4.90 Å². The zero-order chi connectivity index (χ0) is 19.8. The molecule has 0 spiro atoms. The highest BCUT2D eigenvalue weighted by molar-refractivity contribution is 8.35. The monoisotopic (exact) mass is 402 g/mol. The fraction of sp³-hybridized carbons (Fsp3) is 0.500. The van der Waals surface area contributed by atoms with E-state index in [0.717, 1.165) is 61.8 Å². The summed E-state index contributed by atoms with van der Waals surface area (Å²) in [4.78, 5) is 6.99. The van der Waals surface area contributed by atoms with Crippen molar-refractivity contribution >= 4 is 20.9 Å². The molecule has 3 rings (SSSR count). The number of benzene rings is 1. The van der Waals surface area contributed by atoms with E-state index in [0.29, 0.717) is 13.2 Å². The van der Waals surface area contributed by atoms with Crippen LogP contribution < -0.4 is 4.74 Å². The molecule has 0 N–H and O–H groups in total. The largest absolute Gasteiger partial charge is 0.491 e. The maximum atomic E-state index is 5.82. The van der Waals surface area contributed by atoms with Crippen LogP contribution in [0.25, 0.3) is 10.9 Å². The number of hydrogen-bond acceptors (Lipinski definition) is 5. The maximum Gasteiger partial charge on any atom is 0.120 e. The summed E-state index contributed by atoms with van der Waals surface area (Å²) in [6, 6.07) is 9.98. The Morgan fingerprint density at radius 2 is 1.89 bits per heavy atom. The molecule has 1 aliphatic rings. The van der Waals surface area contributed by atoms with Gasteiger partial charge in [-0.1, -0.05) is 0 Å². The zero-order valence-corrected chi connectivity index (χ0v) is 17.9. The maximum absolute atomic E-state index is 5.82. The molecule has 1 aromatic carbocycles. The Balaban J connectivity index is 1.44. The Morgan fingerprint density at radius 3 is 2.68 bits per heavy atom. The van der Waals surface area contributed by atoms with Crippen LogP contribution in [0, 0.1) is 11.2 Å². The third kappa shape index (κ3) is 6.99. The molecule has 1 aromatic heterocycles. The first-order chi connectivity index (χ1) is 13.5. The molecule has 0 bridgehead atoms. The van der Waals surface area contributed by atoms with Crippen molar-refractivity contribution in [2.24, 2.45) is 0 Å².